The Morgan fingerprint density at radius 3 is 2.24 bits per heavy atom. The van der Waals surface area contributed by atoms with Gasteiger partial charge in [0.25, 0.3) is 0 Å². The molecule has 7 nitrogen and oxygen atoms in total. The van der Waals surface area contributed by atoms with E-state index in [1.807, 2.05) is 25.1 Å². The van der Waals surface area contributed by atoms with Crippen LogP contribution in [0.1, 0.15) is 12.5 Å². The predicted molar refractivity (Wildman–Crippen MR) is 114 cm³/mol. The number of carbonyl (C=O) groups is 1. The Morgan fingerprint density at radius 2 is 1.66 bits per heavy atom. The molecule has 8 heteroatoms. The number of nitrogens with two attached hydrogens (primary N) is 1. The second-order valence-electron chi connectivity index (χ2n) is 7.26. The highest BCUT2D eigenvalue weighted by Crippen LogP contribution is 2.16. The van der Waals surface area contributed by atoms with Crippen molar-refractivity contribution in [2.24, 2.45) is 5.14 Å². The molecular formula is C21H28N4O3S. The van der Waals surface area contributed by atoms with Crippen molar-refractivity contribution in [1.82, 2.24) is 10.2 Å². The van der Waals surface area contributed by atoms with Crippen molar-refractivity contribution in [2.75, 3.05) is 37.6 Å². The first kappa shape index (κ1) is 21.3. The van der Waals surface area contributed by atoms with Gasteiger partial charge in [0.2, 0.25) is 15.9 Å². The molecule has 1 atom stereocenters. The first-order chi connectivity index (χ1) is 13.8. The maximum absolute atomic E-state index is 12.5. The molecule has 0 aliphatic carbocycles. The van der Waals surface area contributed by atoms with Crippen molar-refractivity contribution in [3.05, 3.63) is 60.2 Å². The van der Waals surface area contributed by atoms with E-state index in [9.17, 15) is 13.2 Å². The fraction of sp³-hybridized carbons (Fsp3) is 0.381. The molecule has 3 rings (SSSR count). The van der Waals surface area contributed by atoms with Crippen LogP contribution >= 0.6 is 0 Å². The number of carbonyl (C=O) groups excluding carboxylic acids is 1. The fourth-order valence-electron chi connectivity index (χ4n) is 3.50. The minimum absolute atomic E-state index is 0.0133. The molecule has 156 valence electrons. The van der Waals surface area contributed by atoms with Gasteiger partial charge >= 0.3 is 0 Å². The van der Waals surface area contributed by atoms with E-state index in [2.05, 4.69) is 27.2 Å². The van der Waals surface area contributed by atoms with Crippen molar-refractivity contribution in [3.8, 4) is 0 Å². The second-order valence-corrected chi connectivity index (χ2v) is 8.83. The van der Waals surface area contributed by atoms with Gasteiger partial charge in [0, 0.05) is 38.4 Å². The molecule has 29 heavy (non-hydrogen) atoms. The third-order valence-electron chi connectivity index (χ3n) is 5.33. The summed E-state index contributed by atoms with van der Waals surface area (Å²) in [5, 5.41) is 8.08. The molecule has 3 N–H and O–H groups in total. The van der Waals surface area contributed by atoms with Gasteiger partial charge in [-0.05, 0) is 43.2 Å². The third-order valence-corrected chi connectivity index (χ3v) is 6.26. The number of hydrogen-bond acceptors (Lipinski definition) is 5. The molecular weight excluding hydrogens is 388 g/mol. The number of nitrogens with zero attached hydrogens (tertiary/aromatic N) is 2. The van der Waals surface area contributed by atoms with Crippen LogP contribution < -0.4 is 15.4 Å². The lowest BCUT2D eigenvalue weighted by molar-refractivity contribution is -0.125. The maximum Gasteiger partial charge on any atom is 0.238 e. The maximum atomic E-state index is 12.5. The Labute approximate surface area is 172 Å². The Kier molecular flexibility index (Phi) is 6.89. The van der Waals surface area contributed by atoms with Gasteiger partial charge in [-0.3, -0.25) is 9.69 Å². The summed E-state index contributed by atoms with van der Waals surface area (Å²) >= 11 is 0. The smallest absolute Gasteiger partial charge is 0.238 e. The van der Waals surface area contributed by atoms with Crippen LogP contribution in [0.25, 0.3) is 0 Å². The Balaban J connectivity index is 1.43. The molecule has 1 unspecified atom stereocenters. The predicted octanol–water partition coefficient (Wildman–Crippen LogP) is 1.20. The average Bonchev–Trinajstić information content (AvgIpc) is 2.73. The van der Waals surface area contributed by atoms with E-state index in [4.69, 9.17) is 5.14 Å². The zero-order chi connectivity index (χ0) is 20.9. The number of benzene rings is 2. The van der Waals surface area contributed by atoms with Crippen LogP contribution in [0.15, 0.2) is 59.5 Å². The monoisotopic (exact) mass is 416 g/mol. The summed E-state index contributed by atoms with van der Waals surface area (Å²) in [6.07, 6.45) is 0.630. The number of rotatable bonds is 7. The molecule has 0 radical (unpaired) electrons. The summed E-state index contributed by atoms with van der Waals surface area (Å²) in [7, 11) is -3.68. The van der Waals surface area contributed by atoms with Gasteiger partial charge in [0.05, 0.1) is 10.9 Å². The average molecular weight is 417 g/mol. The molecule has 1 saturated heterocycles. The van der Waals surface area contributed by atoms with Crippen molar-refractivity contribution in [2.45, 2.75) is 24.3 Å². The molecule has 0 saturated carbocycles. The van der Waals surface area contributed by atoms with Gasteiger partial charge < -0.3 is 10.2 Å². The minimum Gasteiger partial charge on any atom is -0.369 e. The lowest BCUT2D eigenvalue weighted by atomic mass is 10.1. The summed E-state index contributed by atoms with van der Waals surface area (Å²) in [6.45, 7) is 5.93. The molecule has 0 bridgehead atoms. The Morgan fingerprint density at radius 1 is 1.03 bits per heavy atom. The molecule has 1 aliphatic heterocycles. The van der Waals surface area contributed by atoms with Crippen LogP contribution in [0.3, 0.4) is 0 Å². The molecule has 1 heterocycles. The molecule has 2 aromatic rings. The standard InChI is InChI=1S/C21H28N4O3S/c1-17(24-13-15-25(16-14-24)19-5-3-2-4-6-19)21(26)23-12-11-18-7-9-20(10-8-18)29(22,27)28/h2-10,17H,11-16H2,1H3,(H,23,26)(H2,22,27,28). The summed E-state index contributed by atoms with van der Waals surface area (Å²) in [5.74, 6) is 0.0133. The SMILES string of the molecule is CC(C(=O)NCCc1ccc(S(N)(=O)=O)cc1)N1CCN(c2ccccc2)CC1. The van der Waals surface area contributed by atoms with Crippen molar-refractivity contribution in [1.29, 1.82) is 0 Å². The quantitative estimate of drug-likeness (QED) is 0.707. The van der Waals surface area contributed by atoms with Gasteiger partial charge in [-0.15, -0.1) is 0 Å². The summed E-state index contributed by atoms with van der Waals surface area (Å²) in [6, 6.07) is 16.6. The van der Waals surface area contributed by atoms with Crippen molar-refractivity contribution in [3.63, 3.8) is 0 Å². The first-order valence-electron chi connectivity index (χ1n) is 9.78. The van der Waals surface area contributed by atoms with E-state index in [1.54, 1.807) is 12.1 Å². The number of anilines is 1. The highest BCUT2D eigenvalue weighted by Gasteiger charge is 2.25. The number of amides is 1. The molecule has 0 aromatic heterocycles. The van der Waals surface area contributed by atoms with Crippen LogP contribution in [-0.4, -0.2) is 58.0 Å². The number of hydrogen-bond donors (Lipinski definition) is 2. The lowest BCUT2D eigenvalue weighted by Crippen LogP contribution is -2.54. The van der Waals surface area contributed by atoms with E-state index in [0.717, 1.165) is 31.7 Å². The molecule has 1 amide bonds. The van der Waals surface area contributed by atoms with Gasteiger partial charge in [-0.25, -0.2) is 13.6 Å². The fourth-order valence-corrected chi connectivity index (χ4v) is 4.01. The topological polar surface area (TPSA) is 95.7 Å². The highest BCUT2D eigenvalue weighted by molar-refractivity contribution is 7.89. The molecule has 1 fully saturated rings. The lowest BCUT2D eigenvalue weighted by Gasteiger charge is -2.38. The minimum atomic E-state index is -3.68. The van der Waals surface area contributed by atoms with Crippen LogP contribution in [0.4, 0.5) is 5.69 Å². The Hall–Kier alpha value is -2.42. The summed E-state index contributed by atoms with van der Waals surface area (Å²) < 4.78 is 22.6. The number of nitrogens with one attached hydrogen (secondary N) is 1. The number of primary sulfonamides is 1. The van der Waals surface area contributed by atoms with Crippen molar-refractivity contribution < 1.29 is 13.2 Å². The normalized spacial score (nSPS) is 16.4. The van der Waals surface area contributed by atoms with E-state index >= 15 is 0 Å². The zero-order valence-electron chi connectivity index (χ0n) is 16.6. The first-order valence-corrected chi connectivity index (χ1v) is 11.3. The van der Waals surface area contributed by atoms with Gasteiger partial charge in [-0.2, -0.15) is 0 Å². The van der Waals surface area contributed by atoms with Crippen LogP contribution in [0.5, 0.6) is 0 Å². The second kappa shape index (κ2) is 9.39. The van der Waals surface area contributed by atoms with Gasteiger partial charge in [0.1, 0.15) is 0 Å². The van der Waals surface area contributed by atoms with Crippen LogP contribution in [-0.2, 0) is 21.2 Å². The van der Waals surface area contributed by atoms with Crippen LogP contribution in [0, 0.1) is 0 Å². The molecule has 1 aliphatic rings. The molecule has 2 aromatic carbocycles. The number of para-hydroxylation sites is 1. The van der Waals surface area contributed by atoms with E-state index in [0.29, 0.717) is 13.0 Å². The number of piperazine rings is 1. The summed E-state index contributed by atoms with van der Waals surface area (Å²) in [5.41, 5.74) is 2.17. The van der Waals surface area contributed by atoms with E-state index < -0.39 is 10.0 Å². The van der Waals surface area contributed by atoms with E-state index in [1.165, 1.54) is 17.8 Å². The largest absolute Gasteiger partial charge is 0.369 e. The zero-order valence-corrected chi connectivity index (χ0v) is 17.4. The van der Waals surface area contributed by atoms with Crippen LogP contribution in [0.2, 0.25) is 0 Å². The highest BCUT2D eigenvalue weighted by atomic mass is 32.2. The Bertz CT molecular complexity index is 909. The summed E-state index contributed by atoms with van der Waals surface area (Å²) in [4.78, 5) is 17.1. The van der Waals surface area contributed by atoms with E-state index in [-0.39, 0.29) is 16.8 Å². The molecule has 0 spiro atoms. The number of sulfonamides is 1. The third kappa shape index (κ3) is 5.79. The van der Waals surface area contributed by atoms with Crippen molar-refractivity contribution >= 4 is 21.6 Å². The van der Waals surface area contributed by atoms with Gasteiger partial charge in [0.15, 0.2) is 0 Å². The van der Waals surface area contributed by atoms with Gasteiger partial charge in [-0.1, -0.05) is 30.3 Å².